The fraction of sp³-hybridized carbons (Fsp3) is 0.909. The Morgan fingerprint density at radius 2 is 2.19 bits per heavy atom. The molecule has 0 saturated carbocycles. The predicted octanol–water partition coefficient (Wildman–Crippen LogP) is 0.179. The molecule has 0 aliphatic carbocycles. The molecule has 16 heavy (non-hydrogen) atoms. The van der Waals surface area contributed by atoms with Crippen LogP contribution in [0.1, 0.15) is 20.8 Å². The number of nitrogens with zero attached hydrogens (tertiary/aromatic N) is 1. The van der Waals surface area contributed by atoms with Gasteiger partial charge in [-0.05, 0) is 20.8 Å². The Labute approximate surface area is 96.0 Å². The standard InChI is InChI=1S/C11H21NO4/c1-8-6-16-9(5-13)4-12(8)7-11(2,3)10(14)15/h8-9,13H,4-7H2,1-3H3,(H,14,15). The lowest BCUT2D eigenvalue weighted by Crippen LogP contribution is -2.53. The number of carboxylic acid groups (broad SMARTS) is 1. The van der Waals surface area contributed by atoms with Gasteiger partial charge in [-0.25, -0.2) is 0 Å². The number of morpholine rings is 1. The van der Waals surface area contributed by atoms with Crippen LogP contribution in [0, 0.1) is 5.41 Å². The van der Waals surface area contributed by atoms with Gasteiger partial charge in [0.2, 0.25) is 0 Å². The van der Waals surface area contributed by atoms with Gasteiger partial charge in [-0.1, -0.05) is 0 Å². The summed E-state index contributed by atoms with van der Waals surface area (Å²) in [7, 11) is 0. The van der Waals surface area contributed by atoms with Gasteiger partial charge in [0.05, 0.1) is 24.7 Å². The van der Waals surface area contributed by atoms with Crippen LogP contribution in [0.4, 0.5) is 0 Å². The largest absolute Gasteiger partial charge is 0.481 e. The highest BCUT2D eigenvalue weighted by Crippen LogP contribution is 2.21. The van der Waals surface area contributed by atoms with E-state index in [1.165, 1.54) is 0 Å². The van der Waals surface area contributed by atoms with E-state index in [0.717, 1.165) is 0 Å². The third-order valence-electron chi connectivity index (χ3n) is 3.02. The van der Waals surface area contributed by atoms with Crippen molar-refractivity contribution in [3.05, 3.63) is 0 Å². The molecule has 0 radical (unpaired) electrons. The first-order valence-corrected chi connectivity index (χ1v) is 5.56. The van der Waals surface area contributed by atoms with Crippen LogP contribution in [-0.4, -0.2) is 59.5 Å². The number of aliphatic hydroxyl groups is 1. The summed E-state index contributed by atoms with van der Waals surface area (Å²) in [4.78, 5) is 13.1. The van der Waals surface area contributed by atoms with Gasteiger partial charge in [-0.3, -0.25) is 9.69 Å². The van der Waals surface area contributed by atoms with Gasteiger partial charge in [0.1, 0.15) is 0 Å². The van der Waals surface area contributed by atoms with Crippen LogP contribution >= 0.6 is 0 Å². The molecule has 1 aliphatic rings. The minimum atomic E-state index is -0.799. The van der Waals surface area contributed by atoms with Crippen molar-refractivity contribution in [1.82, 2.24) is 4.90 Å². The molecule has 2 atom stereocenters. The summed E-state index contributed by atoms with van der Waals surface area (Å²) in [6.45, 7) is 7.03. The van der Waals surface area contributed by atoms with Gasteiger partial charge >= 0.3 is 5.97 Å². The molecule has 0 spiro atoms. The molecule has 0 bridgehead atoms. The topological polar surface area (TPSA) is 70.0 Å². The van der Waals surface area contributed by atoms with Crippen molar-refractivity contribution in [2.75, 3.05) is 26.3 Å². The number of hydrogen-bond donors (Lipinski definition) is 2. The zero-order valence-electron chi connectivity index (χ0n) is 10.1. The lowest BCUT2D eigenvalue weighted by Gasteiger charge is -2.40. The first-order valence-electron chi connectivity index (χ1n) is 5.56. The molecule has 5 heteroatoms. The van der Waals surface area contributed by atoms with Gasteiger partial charge in [0.25, 0.3) is 0 Å². The minimum Gasteiger partial charge on any atom is -0.481 e. The number of aliphatic carboxylic acids is 1. The summed E-state index contributed by atoms with van der Waals surface area (Å²) in [6.07, 6.45) is -0.194. The molecule has 5 nitrogen and oxygen atoms in total. The van der Waals surface area contributed by atoms with Crippen molar-refractivity contribution < 1.29 is 19.7 Å². The summed E-state index contributed by atoms with van der Waals surface area (Å²) in [5.74, 6) is -0.799. The molecule has 2 unspecified atom stereocenters. The third kappa shape index (κ3) is 3.17. The van der Waals surface area contributed by atoms with E-state index in [0.29, 0.717) is 19.7 Å². The Bertz CT molecular complexity index is 254. The maximum Gasteiger partial charge on any atom is 0.310 e. The molecule has 1 saturated heterocycles. The van der Waals surface area contributed by atoms with Crippen molar-refractivity contribution >= 4 is 5.97 Å². The minimum absolute atomic E-state index is 0.0171. The number of hydrogen-bond acceptors (Lipinski definition) is 4. The Morgan fingerprint density at radius 3 is 2.69 bits per heavy atom. The molecule has 1 fully saturated rings. The Kier molecular flexibility index (Phi) is 4.29. The molecular formula is C11H21NO4. The molecule has 0 aromatic heterocycles. The van der Waals surface area contributed by atoms with Crippen molar-refractivity contribution in [1.29, 1.82) is 0 Å². The van der Waals surface area contributed by atoms with E-state index in [2.05, 4.69) is 4.90 Å². The lowest BCUT2D eigenvalue weighted by molar-refractivity contribution is -0.150. The summed E-state index contributed by atoms with van der Waals surface area (Å²) < 4.78 is 5.41. The van der Waals surface area contributed by atoms with E-state index in [9.17, 15) is 4.79 Å². The zero-order chi connectivity index (χ0) is 12.3. The van der Waals surface area contributed by atoms with Gasteiger partial charge in [0, 0.05) is 19.1 Å². The first kappa shape index (κ1) is 13.4. The quantitative estimate of drug-likeness (QED) is 0.722. The number of carboxylic acids is 1. The van der Waals surface area contributed by atoms with E-state index in [-0.39, 0.29) is 18.8 Å². The number of rotatable bonds is 4. The average molecular weight is 231 g/mol. The van der Waals surface area contributed by atoms with E-state index < -0.39 is 11.4 Å². The fourth-order valence-electron chi connectivity index (χ4n) is 1.78. The second-order valence-electron chi connectivity index (χ2n) is 5.11. The number of carbonyl (C=O) groups is 1. The van der Waals surface area contributed by atoms with Crippen LogP contribution in [0.5, 0.6) is 0 Å². The van der Waals surface area contributed by atoms with Crippen LogP contribution in [0.3, 0.4) is 0 Å². The number of ether oxygens (including phenoxy) is 1. The Balaban J connectivity index is 2.60. The van der Waals surface area contributed by atoms with E-state index in [4.69, 9.17) is 14.9 Å². The summed E-state index contributed by atoms with van der Waals surface area (Å²) in [5.41, 5.74) is -0.772. The SMILES string of the molecule is CC1COC(CO)CN1CC(C)(C)C(=O)O. The molecule has 0 amide bonds. The molecular weight excluding hydrogens is 210 g/mol. The second kappa shape index (κ2) is 5.12. The predicted molar refractivity (Wildman–Crippen MR) is 59.3 cm³/mol. The maximum atomic E-state index is 11.0. The number of aliphatic hydroxyl groups excluding tert-OH is 1. The summed E-state index contributed by atoms with van der Waals surface area (Å²) >= 11 is 0. The van der Waals surface area contributed by atoms with Gasteiger partial charge in [-0.15, -0.1) is 0 Å². The van der Waals surface area contributed by atoms with Crippen LogP contribution in [0.2, 0.25) is 0 Å². The second-order valence-corrected chi connectivity index (χ2v) is 5.11. The fourth-order valence-corrected chi connectivity index (χ4v) is 1.78. The highest BCUT2D eigenvalue weighted by Gasteiger charge is 2.34. The normalized spacial score (nSPS) is 28.0. The monoisotopic (exact) mass is 231 g/mol. The van der Waals surface area contributed by atoms with E-state index in [1.807, 2.05) is 6.92 Å². The van der Waals surface area contributed by atoms with Gasteiger partial charge in [0.15, 0.2) is 0 Å². The molecule has 2 N–H and O–H groups in total. The van der Waals surface area contributed by atoms with E-state index >= 15 is 0 Å². The van der Waals surface area contributed by atoms with Gasteiger partial charge in [-0.2, -0.15) is 0 Å². The highest BCUT2D eigenvalue weighted by molar-refractivity contribution is 5.73. The average Bonchev–Trinajstić information content (AvgIpc) is 2.21. The van der Waals surface area contributed by atoms with Gasteiger partial charge < -0.3 is 14.9 Å². The molecule has 0 aromatic carbocycles. The van der Waals surface area contributed by atoms with Crippen LogP contribution in [0.25, 0.3) is 0 Å². The Morgan fingerprint density at radius 1 is 1.56 bits per heavy atom. The molecule has 0 aromatic rings. The summed E-state index contributed by atoms with van der Waals surface area (Å²) in [5, 5.41) is 18.1. The maximum absolute atomic E-state index is 11.0. The molecule has 1 rings (SSSR count). The summed E-state index contributed by atoms with van der Waals surface area (Å²) in [6, 6.07) is 0.196. The van der Waals surface area contributed by atoms with Crippen molar-refractivity contribution in [3.63, 3.8) is 0 Å². The highest BCUT2D eigenvalue weighted by atomic mass is 16.5. The van der Waals surface area contributed by atoms with E-state index in [1.54, 1.807) is 13.8 Å². The molecule has 94 valence electrons. The zero-order valence-corrected chi connectivity index (χ0v) is 10.1. The van der Waals surface area contributed by atoms with Crippen molar-refractivity contribution in [2.45, 2.75) is 32.9 Å². The lowest BCUT2D eigenvalue weighted by atomic mass is 9.92. The first-order chi connectivity index (χ1) is 7.36. The van der Waals surface area contributed by atoms with Crippen LogP contribution in [-0.2, 0) is 9.53 Å². The molecule has 1 heterocycles. The van der Waals surface area contributed by atoms with Crippen LogP contribution in [0.15, 0.2) is 0 Å². The smallest absolute Gasteiger partial charge is 0.310 e. The Hall–Kier alpha value is -0.650. The van der Waals surface area contributed by atoms with Crippen LogP contribution < -0.4 is 0 Å². The molecule has 1 aliphatic heterocycles. The van der Waals surface area contributed by atoms with Crippen molar-refractivity contribution in [2.24, 2.45) is 5.41 Å². The third-order valence-corrected chi connectivity index (χ3v) is 3.02. The van der Waals surface area contributed by atoms with Crippen molar-refractivity contribution in [3.8, 4) is 0 Å².